The van der Waals surface area contributed by atoms with Crippen LogP contribution >= 0.6 is 15.9 Å². The highest BCUT2D eigenvalue weighted by atomic mass is 79.9. The predicted octanol–water partition coefficient (Wildman–Crippen LogP) is 1.66. The molecule has 0 bridgehead atoms. The van der Waals surface area contributed by atoms with Crippen molar-refractivity contribution in [2.45, 2.75) is 31.1 Å². The highest BCUT2D eigenvalue weighted by molar-refractivity contribution is 9.09. The minimum Gasteiger partial charge on any atom is -0.354 e. The highest BCUT2D eigenvalue weighted by Gasteiger charge is 2.22. The lowest BCUT2D eigenvalue weighted by atomic mass is 10.4. The lowest BCUT2D eigenvalue weighted by molar-refractivity contribution is 0.574. The molecule has 1 aromatic heterocycles. The summed E-state index contributed by atoms with van der Waals surface area (Å²) in [5, 5.41) is 8.05. The topological polar surface area (TPSA) is 34.0 Å². The van der Waals surface area contributed by atoms with Gasteiger partial charge in [-0.15, -0.1) is 5.10 Å². The summed E-state index contributed by atoms with van der Waals surface area (Å²) in [7, 11) is 0. The minimum absolute atomic E-state index is 0.618. The summed E-state index contributed by atoms with van der Waals surface area (Å²) < 4.78 is 1.99. The maximum atomic E-state index is 4.09. The van der Waals surface area contributed by atoms with Crippen LogP contribution in [0.4, 0.5) is 5.82 Å². The Morgan fingerprint density at radius 1 is 1.64 bits per heavy atom. The van der Waals surface area contributed by atoms with Crippen LogP contribution in [0, 0.1) is 0 Å². The molecule has 1 fully saturated rings. The maximum Gasteiger partial charge on any atom is 0.147 e. The standard InChI is InChI=1S/C9H15BrN4/c1-2-4-14-9(6-11-12-14)13-5-3-8(10)7-13/h6,8H,2-5,7H2,1H3. The van der Waals surface area contributed by atoms with Gasteiger partial charge in [-0.3, -0.25) is 0 Å². The molecule has 0 aromatic carbocycles. The highest BCUT2D eigenvalue weighted by Crippen LogP contribution is 2.22. The lowest BCUT2D eigenvalue weighted by Crippen LogP contribution is -2.23. The molecule has 0 amide bonds. The van der Waals surface area contributed by atoms with Gasteiger partial charge < -0.3 is 4.90 Å². The summed E-state index contributed by atoms with van der Waals surface area (Å²) in [5.41, 5.74) is 0. The van der Waals surface area contributed by atoms with Crippen LogP contribution in [0.25, 0.3) is 0 Å². The number of hydrogen-bond donors (Lipinski definition) is 0. The van der Waals surface area contributed by atoms with E-state index in [1.54, 1.807) is 0 Å². The van der Waals surface area contributed by atoms with E-state index in [-0.39, 0.29) is 0 Å². The van der Waals surface area contributed by atoms with E-state index in [4.69, 9.17) is 0 Å². The van der Waals surface area contributed by atoms with Gasteiger partial charge in [0.25, 0.3) is 0 Å². The fourth-order valence-electron chi connectivity index (χ4n) is 1.79. The van der Waals surface area contributed by atoms with Crippen LogP contribution in [0.15, 0.2) is 6.20 Å². The van der Waals surface area contributed by atoms with Gasteiger partial charge in [0.2, 0.25) is 0 Å². The second-order valence-corrected chi connectivity index (χ2v) is 4.94. The van der Waals surface area contributed by atoms with Gasteiger partial charge in [-0.1, -0.05) is 28.1 Å². The monoisotopic (exact) mass is 258 g/mol. The SMILES string of the molecule is CCCn1nncc1N1CCC(Br)C1. The van der Waals surface area contributed by atoms with E-state index >= 15 is 0 Å². The molecule has 5 heteroatoms. The Balaban J connectivity index is 2.11. The van der Waals surface area contributed by atoms with Crippen LogP contribution in [0.3, 0.4) is 0 Å². The second kappa shape index (κ2) is 4.29. The predicted molar refractivity (Wildman–Crippen MR) is 59.9 cm³/mol. The number of rotatable bonds is 3. The molecular formula is C9H15BrN4. The van der Waals surface area contributed by atoms with Gasteiger partial charge in [-0.2, -0.15) is 0 Å². The van der Waals surface area contributed by atoms with E-state index in [9.17, 15) is 0 Å². The van der Waals surface area contributed by atoms with Gasteiger partial charge in [0, 0.05) is 24.5 Å². The molecule has 0 saturated carbocycles. The Hall–Kier alpha value is -0.580. The van der Waals surface area contributed by atoms with Gasteiger partial charge >= 0.3 is 0 Å². The number of halogens is 1. The summed E-state index contributed by atoms with van der Waals surface area (Å²) in [6.07, 6.45) is 4.17. The molecule has 78 valence electrons. The van der Waals surface area contributed by atoms with Crippen molar-refractivity contribution < 1.29 is 0 Å². The number of anilines is 1. The van der Waals surface area contributed by atoms with Gasteiger partial charge in [-0.05, 0) is 12.8 Å². The van der Waals surface area contributed by atoms with E-state index in [1.807, 2.05) is 10.9 Å². The van der Waals surface area contributed by atoms with Crippen molar-refractivity contribution in [3.05, 3.63) is 6.20 Å². The first-order valence-corrected chi connectivity index (χ1v) is 6.00. The average Bonchev–Trinajstić information content (AvgIpc) is 2.74. The van der Waals surface area contributed by atoms with Crippen LogP contribution in [-0.4, -0.2) is 32.9 Å². The molecule has 0 spiro atoms. The minimum atomic E-state index is 0.618. The zero-order valence-corrected chi connectivity index (χ0v) is 9.94. The lowest BCUT2D eigenvalue weighted by Gasteiger charge is -2.17. The zero-order valence-electron chi connectivity index (χ0n) is 8.36. The molecule has 2 rings (SSSR count). The first kappa shape index (κ1) is 9.96. The second-order valence-electron chi connectivity index (χ2n) is 3.65. The Morgan fingerprint density at radius 3 is 3.14 bits per heavy atom. The smallest absolute Gasteiger partial charge is 0.147 e. The molecule has 2 heterocycles. The van der Waals surface area contributed by atoms with Crippen LogP contribution in [0.2, 0.25) is 0 Å². The molecular weight excluding hydrogens is 244 g/mol. The Bertz CT molecular complexity index is 299. The van der Waals surface area contributed by atoms with Crippen molar-refractivity contribution in [1.82, 2.24) is 15.0 Å². The normalized spacial score (nSPS) is 21.9. The molecule has 14 heavy (non-hydrogen) atoms. The summed E-state index contributed by atoms with van der Waals surface area (Å²) >= 11 is 3.64. The molecule has 4 nitrogen and oxygen atoms in total. The van der Waals surface area contributed by atoms with Crippen molar-refractivity contribution in [2.75, 3.05) is 18.0 Å². The largest absolute Gasteiger partial charge is 0.354 e. The number of aromatic nitrogens is 3. The van der Waals surface area contributed by atoms with E-state index in [2.05, 4.69) is 38.1 Å². The van der Waals surface area contributed by atoms with Crippen molar-refractivity contribution in [3.63, 3.8) is 0 Å². The van der Waals surface area contributed by atoms with Gasteiger partial charge in [0.15, 0.2) is 0 Å². The number of hydrogen-bond acceptors (Lipinski definition) is 3. The number of nitrogens with zero attached hydrogens (tertiary/aromatic N) is 4. The maximum absolute atomic E-state index is 4.09. The summed E-state index contributed by atoms with van der Waals surface area (Å²) in [6.45, 7) is 5.28. The molecule has 1 atom stereocenters. The first-order chi connectivity index (χ1) is 6.81. The van der Waals surface area contributed by atoms with Crippen molar-refractivity contribution >= 4 is 21.7 Å². The molecule has 1 saturated heterocycles. The first-order valence-electron chi connectivity index (χ1n) is 5.08. The van der Waals surface area contributed by atoms with Crippen LogP contribution in [0.1, 0.15) is 19.8 Å². The van der Waals surface area contributed by atoms with Gasteiger partial charge in [0.05, 0.1) is 6.20 Å². The van der Waals surface area contributed by atoms with E-state index in [1.165, 1.54) is 6.42 Å². The number of aryl methyl sites for hydroxylation is 1. The fraction of sp³-hybridized carbons (Fsp3) is 0.778. The quantitative estimate of drug-likeness (QED) is 0.774. The van der Waals surface area contributed by atoms with E-state index in [0.29, 0.717) is 4.83 Å². The third-order valence-corrected chi connectivity index (χ3v) is 3.23. The van der Waals surface area contributed by atoms with Crippen molar-refractivity contribution in [1.29, 1.82) is 0 Å². The molecule has 1 unspecified atom stereocenters. The third-order valence-electron chi connectivity index (χ3n) is 2.49. The summed E-state index contributed by atoms with van der Waals surface area (Å²) in [4.78, 5) is 2.96. The van der Waals surface area contributed by atoms with E-state index < -0.39 is 0 Å². The molecule has 1 aromatic rings. The molecule has 0 aliphatic carbocycles. The zero-order chi connectivity index (χ0) is 9.97. The Morgan fingerprint density at radius 2 is 2.50 bits per heavy atom. The molecule has 1 aliphatic heterocycles. The average molecular weight is 259 g/mol. The van der Waals surface area contributed by atoms with Crippen molar-refractivity contribution in [3.8, 4) is 0 Å². The Kier molecular flexibility index (Phi) is 3.05. The van der Waals surface area contributed by atoms with E-state index in [0.717, 1.165) is 31.9 Å². The summed E-state index contributed by atoms with van der Waals surface area (Å²) in [5.74, 6) is 1.16. The van der Waals surface area contributed by atoms with Gasteiger partial charge in [0.1, 0.15) is 5.82 Å². The number of alkyl halides is 1. The fourth-order valence-corrected chi connectivity index (χ4v) is 2.35. The van der Waals surface area contributed by atoms with Gasteiger partial charge in [-0.25, -0.2) is 4.68 Å². The van der Waals surface area contributed by atoms with Crippen molar-refractivity contribution in [2.24, 2.45) is 0 Å². The molecule has 0 radical (unpaired) electrons. The molecule has 0 N–H and O–H groups in total. The summed E-state index contributed by atoms with van der Waals surface area (Å²) in [6, 6.07) is 0. The Labute approximate surface area is 92.4 Å². The third kappa shape index (κ3) is 1.92. The molecule has 1 aliphatic rings. The van der Waals surface area contributed by atoms with Crippen LogP contribution in [0.5, 0.6) is 0 Å². The van der Waals surface area contributed by atoms with Crippen LogP contribution < -0.4 is 4.90 Å². The van der Waals surface area contributed by atoms with Crippen LogP contribution in [-0.2, 0) is 6.54 Å².